The van der Waals surface area contributed by atoms with Crippen LogP contribution >= 0.6 is 11.3 Å². The van der Waals surface area contributed by atoms with Crippen LogP contribution in [-0.4, -0.2) is 23.3 Å². The van der Waals surface area contributed by atoms with Crippen molar-refractivity contribution in [3.8, 4) is 0 Å². The Balaban J connectivity index is 2.01. The molecule has 17 heavy (non-hydrogen) atoms. The summed E-state index contributed by atoms with van der Waals surface area (Å²) in [5, 5.41) is 13.1. The predicted octanol–water partition coefficient (Wildman–Crippen LogP) is 3.46. The second kappa shape index (κ2) is 9.36. The summed E-state index contributed by atoms with van der Waals surface area (Å²) >= 11 is 1.57. The molecule has 4 nitrogen and oxygen atoms in total. The fourth-order valence-electron chi connectivity index (χ4n) is 1.50. The molecule has 0 amide bonds. The summed E-state index contributed by atoms with van der Waals surface area (Å²) in [4.78, 5) is 0. The lowest BCUT2D eigenvalue weighted by molar-refractivity contribution is 0.116. The zero-order valence-corrected chi connectivity index (χ0v) is 11.7. The minimum Gasteiger partial charge on any atom is -0.374 e. The average Bonchev–Trinajstić information content (AvgIpc) is 2.76. The molecule has 0 aliphatic rings. The predicted molar refractivity (Wildman–Crippen MR) is 72.5 cm³/mol. The smallest absolute Gasteiger partial charge is 0.205 e. The van der Waals surface area contributed by atoms with E-state index >= 15 is 0 Å². The molecule has 0 unspecified atom stereocenters. The molecular formula is C12H23N3OS. The Labute approximate surface area is 108 Å². The first-order valence-electron chi connectivity index (χ1n) is 6.50. The van der Waals surface area contributed by atoms with E-state index in [1.165, 1.54) is 25.7 Å². The number of anilines is 1. The first-order valence-corrected chi connectivity index (χ1v) is 7.32. The van der Waals surface area contributed by atoms with Gasteiger partial charge in [-0.2, -0.15) is 0 Å². The van der Waals surface area contributed by atoms with Gasteiger partial charge in [0.2, 0.25) is 5.13 Å². The molecule has 0 fully saturated rings. The lowest BCUT2D eigenvalue weighted by Gasteiger charge is -2.01. The van der Waals surface area contributed by atoms with E-state index in [-0.39, 0.29) is 0 Å². The highest BCUT2D eigenvalue weighted by Crippen LogP contribution is 2.15. The second-order valence-corrected chi connectivity index (χ2v) is 5.06. The maximum absolute atomic E-state index is 5.57. The molecule has 1 heterocycles. The Morgan fingerprint density at radius 1 is 1.12 bits per heavy atom. The standard InChI is InChI=1S/C12H23N3OS/c1-3-5-6-7-8-9-16-10-11-14-15-12(17-11)13-4-2/h3-10H2,1-2H3,(H,13,15). The third-order valence-electron chi connectivity index (χ3n) is 2.41. The SMILES string of the molecule is CCCCCCCOCc1nnc(NCC)s1. The van der Waals surface area contributed by atoms with Crippen LogP contribution in [0.3, 0.4) is 0 Å². The van der Waals surface area contributed by atoms with Gasteiger partial charge in [0.1, 0.15) is 11.6 Å². The highest BCUT2D eigenvalue weighted by molar-refractivity contribution is 7.15. The highest BCUT2D eigenvalue weighted by Gasteiger charge is 2.02. The van der Waals surface area contributed by atoms with Gasteiger partial charge < -0.3 is 10.1 Å². The molecule has 1 rings (SSSR count). The summed E-state index contributed by atoms with van der Waals surface area (Å²) in [6.45, 7) is 6.59. The largest absolute Gasteiger partial charge is 0.374 e. The highest BCUT2D eigenvalue weighted by atomic mass is 32.1. The number of hydrogen-bond donors (Lipinski definition) is 1. The Morgan fingerprint density at radius 2 is 1.94 bits per heavy atom. The molecule has 0 aromatic carbocycles. The summed E-state index contributed by atoms with van der Waals surface area (Å²) in [6, 6.07) is 0. The zero-order valence-electron chi connectivity index (χ0n) is 10.9. The lowest BCUT2D eigenvalue weighted by Crippen LogP contribution is -1.95. The van der Waals surface area contributed by atoms with E-state index in [2.05, 4.69) is 22.4 Å². The maximum Gasteiger partial charge on any atom is 0.205 e. The van der Waals surface area contributed by atoms with Crippen LogP contribution in [0, 0.1) is 0 Å². The van der Waals surface area contributed by atoms with Crippen molar-refractivity contribution >= 4 is 16.5 Å². The van der Waals surface area contributed by atoms with Gasteiger partial charge in [-0.15, -0.1) is 10.2 Å². The van der Waals surface area contributed by atoms with Gasteiger partial charge in [-0.3, -0.25) is 0 Å². The van der Waals surface area contributed by atoms with E-state index in [1.807, 2.05) is 6.92 Å². The molecule has 1 aromatic heterocycles. The summed E-state index contributed by atoms with van der Waals surface area (Å²) < 4.78 is 5.57. The van der Waals surface area contributed by atoms with Gasteiger partial charge in [0.15, 0.2) is 0 Å². The zero-order chi connectivity index (χ0) is 12.3. The summed E-state index contributed by atoms with van der Waals surface area (Å²) in [5.41, 5.74) is 0. The van der Waals surface area contributed by atoms with E-state index in [4.69, 9.17) is 4.74 Å². The Bertz CT molecular complexity index is 291. The first-order chi connectivity index (χ1) is 8.36. The summed E-state index contributed by atoms with van der Waals surface area (Å²) in [7, 11) is 0. The maximum atomic E-state index is 5.57. The molecule has 98 valence electrons. The van der Waals surface area contributed by atoms with Crippen molar-refractivity contribution in [2.45, 2.75) is 52.6 Å². The minimum absolute atomic E-state index is 0.594. The van der Waals surface area contributed by atoms with E-state index in [0.717, 1.165) is 29.7 Å². The quantitative estimate of drug-likeness (QED) is 0.652. The third kappa shape index (κ3) is 6.58. The van der Waals surface area contributed by atoms with E-state index in [1.54, 1.807) is 11.3 Å². The van der Waals surface area contributed by atoms with Crippen LogP contribution in [0.2, 0.25) is 0 Å². The molecular weight excluding hydrogens is 234 g/mol. The first kappa shape index (κ1) is 14.4. The van der Waals surface area contributed by atoms with Gasteiger partial charge in [-0.05, 0) is 13.3 Å². The lowest BCUT2D eigenvalue weighted by atomic mass is 10.2. The summed E-state index contributed by atoms with van der Waals surface area (Å²) in [6.07, 6.45) is 6.37. The van der Waals surface area contributed by atoms with E-state index < -0.39 is 0 Å². The fourth-order valence-corrected chi connectivity index (χ4v) is 2.25. The second-order valence-electron chi connectivity index (χ2n) is 4.00. The average molecular weight is 257 g/mol. The van der Waals surface area contributed by atoms with Gasteiger partial charge >= 0.3 is 0 Å². The molecule has 0 bridgehead atoms. The van der Waals surface area contributed by atoms with Gasteiger partial charge in [0.25, 0.3) is 0 Å². The molecule has 0 saturated carbocycles. The third-order valence-corrected chi connectivity index (χ3v) is 3.27. The number of nitrogens with one attached hydrogen (secondary N) is 1. The van der Waals surface area contributed by atoms with Crippen LogP contribution in [0.15, 0.2) is 0 Å². The van der Waals surface area contributed by atoms with Crippen LogP contribution in [0.5, 0.6) is 0 Å². The topological polar surface area (TPSA) is 47.0 Å². The normalized spacial score (nSPS) is 10.7. The van der Waals surface area contributed by atoms with Crippen molar-refractivity contribution in [1.82, 2.24) is 10.2 Å². The number of nitrogens with zero attached hydrogens (tertiary/aromatic N) is 2. The molecule has 1 N–H and O–H groups in total. The van der Waals surface area contributed by atoms with Crippen molar-refractivity contribution in [1.29, 1.82) is 0 Å². The Morgan fingerprint density at radius 3 is 2.71 bits per heavy atom. The van der Waals surface area contributed by atoms with Crippen molar-refractivity contribution < 1.29 is 4.74 Å². The summed E-state index contributed by atoms with van der Waals surface area (Å²) in [5.74, 6) is 0. The molecule has 0 aliphatic carbocycles. The van der Waals surface area contributed by atoms with Crippen molar-refractivity contribution in [3.63, 3.8) is 0 Å². The molecule has 0 radical (unpaired) electrons. The van der Waals surface area contributed by atoms with E-state index in [9.17, 15) is 0 Å². The van der Waals surface area contributed by atoms with Crippen molar-refractivity contribution in [2.24, 2.45) is 0 Å². The van der Waals surface area contributed by atoms with Gasteiger partial charge in [0.05, 0.1) is 0 Å². The molecule has 5 heteroatoms. The van der Waals surface area contributed by atoms with Gasteiger partial charge in [-0.25, -0.2) is 0 Å². The Kier molecular flexibility index (Phi) is 7.92. The monoisotopic (exact) mass is 257 g/mol. The van der Waals surface area contributed by atoms with Crippen LogP contribution in [0.4, 0.5) is 5.13 Å². The minimum atomic E-state index is 0.594. The van der Waals surface area contributed by atoms with Gasteiger partial charge in [0, 0.05) is 13.2 Å². The van der Waals surface area contributed by atoms with Crippen LogP contribution in [0.25, 0.3) is 0 Å². The number of unbranched alkanes of at least 4 members (excludes halogenated alkanes) is 4. The molecule has 0 atom stereocenters. The number of ether oxygens (including phenoxy) is 1. The fraction of sp³-hybridized carbons (Fsp3) is 0.833. The van der Waals surface area contributed by atoms with Crippen LogP contribution in [0.1, 0.15) is 51.0 Å². The molecule has 0 spiro atoms. The van der Waals surface area contributed by atoms with E-state index in [0.29, 0.717) is 6.61 Å². The van der Waals surface area contributed by atoms with Crippen LogP contribution in [-0.2, 0) is 11.3 Å². The molecule has 0 saturated heterocycles. The number of rotatable bonds is 10. The van der Waals surface area contributed by atoms with Gasteiger partial charge in [-0.1, -0.05) is 43.9 Å². The Hall–Kier alpha value is -0.680. The number of hydrogen-bond acceptors (Lipinski definition) is 5. The number of aromatic nitrogens is 2. The molecule has 0 aliphatic heterocycles. The molecule has 1 aromatic rings. The van der Waals surface area contributed by atoms with Crippen molar-refractivity contribution in [2.75, 3.05) is 18.5 Å². The van der Waals surface area contributed by atoms with Crippen LogP contribution < -0.4 is 5.32 Å². The van der Waals surface area contributed by atoms with Crippen molar-refractivity contribution in [3.05, 3.63) is 5.01 Å².